The van der Waals surface area contributed by atoms with Gasteiger partial charge in [-0.1, -0.05) is 13.0 Å². The molecule has 0 amide bonds. The Kier molecular flexibility index (Phi) is 3.95. The maximum Gasteiger partial charge on any atom is 0.337 e. The molecule has 104 valence electrons. The number of benzene rings is 1. The zero-order valence-electron chi connectivity index (χ0n) is 11.5. The third-order valence-electron chi connectivity index (χ3n) is 3.83. The quantitative estimate of drug-likeness (QED) is 0.809. The first-order valence-electron chi connectivity index (χ1n) is 6.65. The number of likely N-dealkylation sites (N-methyl/N-ethyl adjacent to an activating group) is 1. The first-order valence-corrected chi connectivity index (χ1v) is 6.65. The molecule has 0 aromatic heterocycles. The Morgan fingerprint density at radius 2 is 2.21 bits per heavy atom. The summed E-state index contributed by atoms with van der Waals surface area (Å²) in [4.78, 5) is 15.7. The summed E-state index contributed by atoms with van der Waals surface area (Å²) in [6.07, 6.45) is 0. The molecule has 0 spiro atoms. The molecule has 0 bridgehead atoms. The van der Waals surface area contributed by atoms with E-state index in [9.17, 15) is 4.79 Å². The average Bonchev–Trinajstić information content (AvgIpc) is 2.38. The number of nitrogens with two attached hydrogens (primary N) is 1. The fourth-order valence-electron chi connectivity index (χ4n) is 2.70. The molecule has 2 rings (SSSR count). The number of hydrogen-bond acceptors (Lipinski definition) is 4. The molecule has 1 heterocycles. The van der Waals surface area contributed by atoms with Crippen molar-refractivity contribution >= 4 is 17.3 Å². The summed E-state index contributed by atoms with van der Waals surface area (Å²) in [6.45, 7) is 8.12. The Hall–Kier alpha value is -1.75. The SMILES string of the molecule is CCN1CCN(c2cccc(C(=O)O)c2N)CC1C. The van der Waals surface area contributed by atoms with Gasteiger partial charge in [-0.25, -0.2) is 4.79 Å². The van der Waals surface area contributed by atoms with Gasteiger partial charge in [-0.3, -0.25) is 4.90 Å². The zero-order valence-corrected chi connectivity index (χ0v) is 11.5. The van der Waals surface area contributed by atoms with Gasteiger partial charge in [0.1, 0.15) is 0 Å². The van der Waals surface area contributed by atoms with E-state index < -0.39 is 5.97 Å². The maximum absolute atomic E-state index is 11.1. The lowest BCUT2D eigenvalue weighted by Crippen LogP contribution is -2.51. The van der Waals surface area contributed by atoms with Crippen molar-refractivity contribution in [3.63, 3.8) is 0 Å². The van der Waals surface area contributed by atoms with Crippen molar-refractivity contribution < 1.29 is 9.90 Å². The second kappa shape index (κ2) is 5.48. The average molecular weight is 263 g/mol. The molecular formula is C14H21N3O2. The molecule has 1 unspecified atom stereocenters. The Balaban J connectivity index is 2.24. The topological polar surface area (TPSA) is 69.8 Å². The highest BCUT2D eigenvalue weighted by atomic mass is 16.4. The van der Waals surface area contributed by atoms with E-state index in [1.54, 1.807) is 12.1 Å². The molecule has 1 aliphatic rings. The van der Waals surface area contributed by atoms with Gasteiger partial charge in [0, 0.05) is 25.7 Å². The van der Waals surface area contributed by atoms with E-state index in [2.05, 4.69) is 23.6 Å². The van der Waals surface area contributed by atoms with E-state index in [0.717, 1.165) is 31.9 Å². The molecule has 0 radical (unpaired) electrons. The Morgan fingerprint density at radius 3 is 2.79 bits per heavy atom. The van der Waals surface area contributed by atoms with E-state index >= 15 is 0 Å². The number of para-hydroxylation sites is 1. The van der Waals surface area contributed by atoms with Gasteiger partial charge in [0.25, 0.3) is 0 Å². The lowest BCUT2D eigenvalue weighted by Gasteiger charge is -2.41. The minimum atomic E-state index is -0.973. The van der Waals surface area contributed by atoms with Gasteiger partial charge < -0.3 is 15.7 Å². The van der Waals surface area contributed by atoms with Crippen LogP contribution in [0.15, 0.2) is 18.2 Å². The summed E-state index contributed by atoms with van der Waals surface area (Å²) < 4.78 is 0. The molecule has 1 aromatic carbocycles. The minimum Gasteiger partial charge on any atom is -0.478 e. The predicted molar refractivity (Wildman–Crippen MR) is 76.7 cm³/mol. The van der Waals surface area contributed by atoms with Crippen molar-refractivity contribution in [1.82, 2.24) is 4.90 Å². The van der Waals surface area contributed by atoms with Crippen molar-refractivity contribution in [2.24, 2.45) is 0 Å². The molecule has 0 saturated carbocycles. The number of carboxylic acid groups (broad SMARTS) is 1. The maximum atomic E-state index is 11.1. The summed E-state index contributed by atoms with van der Waals surface area (Å²) >= 11 is 0. The molecule has 1 saturated heterocycles. The molecule has 1 fully saturated rings. The molecular weight excluding hydrogens is 242 g/mol. The van der Waals surface area contributed by atoms with Crippen molar-refractivity contribution in [3.8, 4) is 0 Å². The molecule has 0 aliphatic carbocycles. The highest BCUT2D eigenvalue weighted by Gasteiger charge is 2.24. The third-order valence-corrected chi connectivity index (χ3v) is 3.83. The van der Waals surface area contributed by atoms with Gasteiger partial charge in [0.05, 0.1) is 16.9 Å². The highest BCUT2D eigenvalue weighted by Crippen LogP contribution is 2.28. The lowest BCUT2D eigenvalue weighted by molar-refractivity contribution is 0.0698. The molecule has 5 heteroatoms. The number of aromatic carboxylic acids is 1. The van der Waals surface area contributed by atoms with E-state index in [1.807, 2.05) is 6.07 Å². The summed E-state index contributed by atoms with van der Waals surface area (Å²) in [7, 11) is 0. The first kappa shape index (κ1) is 13.7. The summed E-state index contributed by atoms with van der Waals surface area (Å²) in [5.74, 6) is -0.973. The van der Waals surface area contributed by atoms with Crippen molar-refractivity contribution in [2.45, 2.75) is 19.9 Å². The fraction of sp³-hybridized carbons (Fsp3) is 0.500. The lowest BCUT2D eigenvalue weighted by atomic mass is 10.1. The van der Waals surface area contributed by atoms with Crippen molar-refractivity contribution in [1.29, 1.82) is 0 Å². The summed E-state index contributed by atoms with van der Waals surface area (Å²) in [5, 5.41) is 9.11. The van der Waals surface area contributed by atoms with Crippen LogP contribution in [-0.4, -0.2) is 48.2 Å². The monoisotopic (exact) mass is 263 g/mol. The highest BCUT2D eigenvalue weighted by molar-refractivity contribution is 5.97. The smallest absolute Gasteiger partial charge is 0.337 e. The Bertz CT molecular complexity index is 476. The molecule has 1 atom stereocenters. The largest absolute Gasteiger partial charge is 0.478 e. The molecule has 3 N–H and O–H groups in total. The van der Waals surface area contributed by atoms with E-state index in [-0.39, 0.29) is 5.56 Å². The minimum absolute atomic E-state index is 0.183. The summed E-state index contributed by atoms with van der Waals surface area (Å²) in [6, 6.07) is 5.65. The standard InChI is InChI=1S/C14H21N3O2/c1-3-16-7-8-17(9-10(16)2)12-6-4-5-11(13(12)15)14(18)19/h4-6,10H,3,7-9,15H2,1-2H3,(H,18,19). The van der Waals surface area contributed by atoms with Crippen LogP contribution in [0.5, 0.6) is 0 Å². The van der Waals surface area contributed by atoms with Gasteiger partial charge in [-0.2, -0.15) is 0 Å². The summed E-state index contributed by atoms with van der Waals surface area (Å²) in [5.41, 5.74) is 7.38. The van der Waals surface area contributed by atoms with Crippen molar-refractivity contribution in [3.05, 3.63) is 23.8 Å². The van der Waals surface area contributed by atoms with Gasteiger partial charge in [0.15, 0.2) is 0 Å². The van der Waals surface area contributed by atoms with Crippen LogP contribution in [0.1, 0.15) is 24.2 Å². The van der Waals surface area contributed by atoms with Crippen LogP contribution in [0.25, 0.3) is 0 Å². The Labute approximate surface area is 113 Å². The van der Waals surface area contributed by atoms with E-state index in [1.165, 1.54) is 0 Å². The van der Waals surface area contributed by atoms with Crippen molar-refractivity contribution in [2.75, 3.05) is 36.8 Å². The number of anilines is 2. The fourth-order valence-corrected chi connectivity index (χ4v) is 2.70. The molecule has 19 heavy (non-hydrogen) atoms. The van der Waals surface area contributed by atoms with E-state index in [4.69, 9.17) is 10.8 Å². The first-order chi connectivity index (χ1) is 9.04. The number of rotatable bonds is 3. The van der Waals surface area contributed by atoms with Gasteiger partial charge in [0.2, 0.25) is 0 Å². The number of piperazine rings is 1. The van der Waals surface area contributed by atoms with Gasteiger partial charge in [-0.05, 0) is 25.6 Å². The number of nitrogen functional groups attached to an aromatic ring is 1. The van der Waals surface area contributed by atoms with Gasteiger partial charge >= 0.3 is 5.97 Å². The second-order valence-electron chi connectivity index (χ2n) is 4.97. The molecule has 1 aromatic rings. The van der Waals surface area contributed by atoms with Crippen LogP contribution in [0.2, 0.25) is 0 Å². The number of hydrogen-bond donors (Lipinski definition) is 2. The van der Waals surface area contributed by atoms with E-state index in [0.29, 0.717) is 11.7 Å². The van der Waals surface area contributed by atoms with Gasteiger partial charge in [-0.15, -0.1) is 0 Å². The van der Waals surface area contributed by atoms with Crippen LogP contribution >= 0.6 is 0 Å². The molecule has 1 aliphatic heterocycles. The van der Waals surface area contributed by atoms with Crippen LogP contribution in [0, 0.1) is 0 Å². The number of carbonyl (C=O) groups is 1. The third kappa shape index (κ3) is 2.66. The van der Waals surface area contributed by atoms with Crippen LogP contribution in [0.4, 0.5) is 11.4 Å². The number of carboxylic acids is 1. The second-order valence-corrected chi connectivity index (χ2v) is 4.97. The Morgan fingerprint density at radius 1 is 1.47 bits per heavy atom. The van der Waals surface area contributed by atoms with Crippen LogP contribution < -0.4 is 10.6 Å². The predicted octanol–water partition coefficient (Wildman–Crippen LogP) is 1.50. The molecule has 5 nitrogen and oxygen atoms in total. The van der Waals surface area contributed by atoms with Crippen LogP contribution in [-0.2, 0) is 0 Å². The number of nitrogens with zero attached hydrogens (tertiary/aromatic N) is 2. The van der Waals surface area contributed by atoms with Crippen LogP contribution in [0.3, 0.4) is 0 Å². The zero-order chi connectivity index (χ0) is 14.0. The normalized spacial score (nSPS) is 20.5.